The molecule has 6 nitrogen and oxygen atoms in total. The van der Waals surface area contributed by atoms with E-state index in [2.05, 4.69) is 14.9 Å². The first-order chi connectivity index (χ1) is 8.17. The highest BCUT2D eigenvalue weighted by Gasteiger charge is 2.27. The van der Waals surface area contributed by atoms with E-state index in [1.165, 1.54) is 10.8 Å². The second kappa shape index (κ2) is 3.78. The van der Waals surface area contributed by atoms with Crippen molar-refractivity contribution in [2.24, 2.45) is 0 Å². The van der Waals surface area contributed by atoms with Crippen molar-refractivity contribution in [3.63, 3.8) is 0 Å². The van der Waals surface area contributed by atoms with Gasteiger partial charge >= 0.3 is 0 Å². The summed E-state index contributed by atoms with van der Waals surface area (Å²) in [7, 11) is -3.48. The maximum Gasteiger partial charge on any atom is 0.244 e. The minimum Gasteiger partial charge on any atom is -0.208 e. The molecule has 2 aromatic rings. The Hall–Kier alpha value is -1.47. The lowest BCUT2D eigenvalue weighted by molar-refractivity contribution is 0.383. The molecule has 1 aliphatic carbocycles. The van der Waals surface area contributed by atoms with Gasteiger partial charge in [-0.05, 0) is 25.0 Å². The van der Waals surface area contributed by atoms with E-state index in [1.807, 2.05) is 0 Å². The molecule has 0 spiro atoms. The van der Waals surface area contributed by atoms with Crippen molar-refractivity contribution >= 4 is 15.5 Å². The van der Waals surface area contributed by atoms with Crippen LogP contribution in [0.25, 0.3) is 5.52 Å². The molecule has 0 amide bonds. The highest BCUT2D eigenvalue weighted by Crippen LogP contribution is 2.22. The fraction of sp³-hybridized carbons (Fsp3) is 0.400. The summed E-state index contributed by atoms with van der Waals surface area (Å²) < 4.78 is 28.2. The van der Waals surface area contributed by atoms with Crippen LogP contribution in [-0.2, 0) is 10.0 Å². The molecule has 3 rings (SSSR count). The molecule has 7 heteroatoms. The van der Waals surface area contributed by atoms with E-state index in [9.17, 15) is 8.42 Å². The van der Waals surface area contributed by atoms with Gasteiger partial charge in [-0.2, -0.15) is 14.8 Å². The Labute approximate surface area is 98.7 Å². The summed E-state index contributed by atoms with van der Waals surface area (Å²) >= 11 is 0. The normalized spacial score (nSPS) is 17.2. The molecular formula is C10H12N4O2S. The quantitative estimate of drug-likeness (QED) is 0.866. The van der Waals surface area contributed by atoms with Crippen LogP contribution in [0.15, 0.2) is 29.4 Å². The van der Waals surface area contributed by atoms with E-state index in [0.29, 0.717) is 5.52 Å². The van der Waals surface area contributed by atoms with Crippen molar-refractivity contribution in [1.29, 1.82) is 0 Å². The summed E-state index contributed by atoms with van der Waals surface area (Å²) in [5, 5.41) is 7.86. The molecule has 0 aromatic carbocycles. The number of hydrogen-bond donors (Lipinski definition) is 1. The van der Waals surface area contributed by atoms with E-state index in [0.717, 1.165) is 19.3 Å². The lowest BCUT2D eigenvalue weighted by atomic mass is 9.94. The summed E-state index contributed by atoms with van der Waals surface area (Å²) in [6.45, 7) is 0. The number of nitrogens with zero attached hydrogens (tertiary/aromatic N) is 3. The number of rotatable bonds is 3. The van der Waals surface area contributed by atoms with Gasteiger partial charge < -0.3 is 0 Å². The summed E-state index contributed by atoms with van der Waals surface area (Å²) in [6.07, 6.45) is 5.82. The number of fused-ring (bicyclic) bond motifs is 1. The van der Waals surface area contributed by atoms with Gasteiger partial charge in [0.25, 0.3) is 0 Å². The van der Waals surface area contributed by atoms with Crippen LogP contribution in [0, 0.1) is 0 Å². The number of nitrogens with one attached hydrogen (secondary N) is 1. The number of hydrogen-bond acceptors (Lipinski definition) is 4. The molecule has 1 aliphatic rings. The molecule has 0 radical (unpaired) electrons. The van der Waals surface area contributed by atoms with E-state index >= 15 is 0 Å². The molecule has 1 N–H and O–H groups in total. The van der Waals surface area contributed by atoms with Crippen molar-refractivity contribution in [1.82, 2.24) is 19.5 Å². The maximum atomic E-state index is 12.1. The van der Waals surface area contributed by atoms with Crippen molar-refractivity contribution in [2.75, 3.05) is 0 Å². The zero-order chi connectivity index (χ0) is 11.9. The monoisotopic (exact) mass is 252 g/mol. The zero-order valence-electron chi connectivity index (χ0n) is 9.07. The Morgan fingerprint density at radius 3 is 2.88 bits per heavy atom. The van der Waals surface area contributed by atoms with Gasteiger partial charge in [-0.25, -0.2) is 13.1 Å². The van der Waals surface area contributed by atoms with E-state index in [4.69, 9.17) is 0 Å². The van der Waals surface area contributed by atoms with Crippen molar-refractivity contribution in [3.8, 4) is 0 Å². The van der Waals surface area contributed by atoms with Gasteiger partial charge in [-0.3, -0.25) is 0 Å². The van der Waals surface area contributed by atoms with Gasteiger partial charge in [0.15, 0.2) is 0 Å². The van der Waals surface area contributed by atoms with Crippen LogP contribution in [-0.4, -0.2) is 29.3 Å². The van der Waals surface area contributed by atoms with Crippen molar-refractivity contribution in [3.05, 3.63) is 24.5 Å². The molecule has 2 aromatic heterocycles. The number of aromatic nitrogens is 3. The summed E-state index contributed by atoms with van der Waals surface area (Å²) in [5.74, 6) is 0. The standard InChI is InChI=1S/C10H12N4O2S/c15-17(16,13-8-3-1-4-8)10-7-12-14-9(10)5-2-6-11-14/h2,5-8,13H,1,3-4H2. The minimum atomic E-state index is -3.48. The summed E-state index contributed by atoms with van der Waals surface area (Å²) in [5.41, 5.74) is 0.499. The lowest BCUT2D eigenvalue weighted by Crippen LogP contribution is -2.39. The summed E-state index contributed by atoms with van der Waals surface area (Å²) in [6, 6.07) is 3.46. The maximum absolute atomic E-state index is 12.1. The largest absolute Gasteiger partial charge is 0.244 e. The molecule has 17 heavy (non-hydrogen) atoms. The Morgan fingerprint density at radius 2 is 2.18 bits per heavy atom. The van der Waals surface area contributed by atoms with Gasteiger partial charge in [0.2, 0.25) is 10.0 Å². The van der Waals surface area contributed by atoms with Crippen LogP contribution in [0.3, 0.4) is 0 Å². The Bertz CT molecular complexity index is 645. The lowest BCUT2D eigenvalue weighted by Gasteiger charge is -2.25. The first kappa shape index (κ1) is 10.7. The SMILES string of the molecule is O=S(=O)(NC1CCC1)c1cnn2ncccc12. The minimum absolute atomic E-state index is 0.0756. The molecule has 0 atom stereocenters. The number of sulfonamides is 1. The van der Waals surface area contributed by atoms with Crippen LogP contribution >= 0.6 is 0 Å². The second-order valence-corrected chi connectivity index (χ2v) is 5.84. The van der Waals surface area contributed by atoms with Crippen LogP contribution in [0.2, 0.25) is 0 Å². The molecule has 1 fully saturated rings. The van der Waals surface area contributed by atoms with Gasteiger partial charge in [0.1, 0.15) is 10.4 Å². The third-order valence-electron chi connectivity index (χ3n) is 2.98. The molecule has 1 saturated carbocycles. The first-order valence-electron chi connectivity index (χ1n) is 5.48. The molecular weight excluding hydrogens is 240 g/mol. The smallest absolute Gasteiger partial charge is 0.208 e. The van der Waals surface area contributed by atoms with Crippen molar-refractivity contribution < 1.29 is 8.42 Å². The van der Waals surface area contributed by atoms with Gasteiger partial charge in [-0.1, -0.05) is 6.42 Å². The Morgan fingerprint density at radius 1 is 1.35 bits per heavy atom. The zero-order valence-corrected chi connectivity index (χ0v) is 9.89. The van der Waals surface area contributed by atoms with E-state index in [1.54, 1.807) is 18.3 Å². The topological polar surface area (TPSA) is 76.4 Å². The molecule has 0 unspecified atom stereocenters. The fourth-order valence-electron chi connectivity index (χ4n) is 1.83. The second-order valence-electron chi connectivity index (χ2n) is 4.16. The van der Waals surface area contributed by atoms with Crippen molar-refractivity contribution in [2.45, 2.75) is 30.2 Å². The van der Waals surface area contributed by atoms with Gasteiger partial charge in [0, 0.05) is 12.2 Å². The Balaban J connectivity index is 2.02. The van der Waals surface area contributed by atoms with Crippen LogP contribution < -0.4 is 4.72 Å². The molecule has 0 bridgehead atoms. The Kier molecular flexibility index (Phi) is 2.37. The first-order valence-corrected chi connectivity index (χ1v) is 6.96. The predicted octanol–water partition coefficient (Wildman–Crippen LogP) is 0.560. The highest BCUT2D eigenvalue weighted by atomic mass is 32.2. The van der Waals surface area contributed by atoms with Gasteiger partial charge in [-0.15, -0.1) is 0 Å². The molecule has 90 valence electrons. The van der Waals surface area contributed by atoms with E-state index in [-0.39, 0.29) is 10.9 Å². The third-order valence-corrected chi connectivity index (χ3v) is 4.52. The van der Waals surface area contributed by atoms with Crippen LogP contribution in [0.5, 0.6) is 0 Å². The average Bonchev–Trinajstić information content (AvgIpc) is 2.68. The highest BCUT2D eigenvalue weighted by molar-refractivity contribution is 7.89. The van der Waals surface area contributed by atoms with Crippen LogP contribution in [0.1, 0.15) is 19.3 Å². The van der Waals surface area contributed by atoms with E-state index < -0.39 is 10.0 Å². The molecule has 0 aliphatic heterocycles. The van der Waals surface area contributed by atoms with Gasteiger partial charge in [0.05, 0.1) is 6.20 Å². The third kappa shape index (κ3) is 1.81. The van der Waals surface area contributed by atoms with Crippen LogP contribution in [0.4, 0.5) is 0 Å². The predicted molar refractivity (Wildman–Crippen MR) is 60.9 cm³/mol. The molecule has 2 heterocycles. The fourth-order valence-corrected chi connectivity index (χ4v) is 3.24. The molecule has 0 saturated heterocycles. The summed E-state index contributed by atoms with van der Waals surface area (Å²) in [4.78, 5) is 0.192. The average molecular weight is 252 g/mol.